The first-order chi connectivity index (χ1) is 14.6. The molecule has 31 heavy (non-hydrogen) atoms. The van der Waals surface area contributed by atoms with E-state index in [2.05, 4.69) is 5.10 Å². The number of hydrogen-bond acceptors (Lipinski definition) is 5. The third-order valence-electron chi connectivity index (χ3n) is 5.64. The van der Waals surface area contributed by atoms with Gasteiger partial charge in [-0.25, -0.2) is 18.9 Å². The van der Waals surface area contributed by atoms with E-state index in [1.165, 1.54) is 23.1 Å². The first-order valence-corrected chi connectivity index (χ1v) is 10.4. The SMILES string of the molecule is Cc1cc(C)n(C2=NC3C(C(=O)N(Cc4c(F)cccc4Cl)C(=O)N3C)N2C(C)C)n1. The van der Waals surface area contributed by atoms with Crippen molar-refractivity contribution in [2.24, 2.45) is 4.99 Å². The highest BCUT2D eigenvalue weighted by Crippen LogP contribution is 2.32. The minimum absolute atomic E-state index is 0.0953. The maximum atomic E-state index is 14.4. The second kappa shape index (κ2) is 7.64. The summed E-state index contributed by atoms with van der Waals surface area (Å²) in [4.78, 5) is 35.6. The molecule has 1 fully saturated rings. The van der Waals surface area contributed by atoms with Gasteiger partial charge in [-0.2, -0.15) is 5.10 Å². The number of urea groups is 1. The van der Waals surface area contributed by atoms with Crippen LogP contribution in [0.25, 0.3) is 0 Å². The summed E-state index contributed by atoms with van der Waals surface area (Å²) < 4.78 is 16.1. The average Bonchev–Trinajstić information content (AvgIpc) is 3.25. The summed E-state index contributed by atoms with van der Waals surface area (Å²) in [6.07, 6.45) is -0.700. The summed E-state index contributed by atoms with van der Waals surface area (Å²) in [5, 5.41) is 4.67. The molecule has 2 aromatic rings. The van der Waals surface area contributed by atoms with E-state index in [-0.39, 0.29) is 23.2 Å². The number of likely N-dealkylation sites (N-methyl/N-ethyl adjacent to an activating group) is 1. The molecule has 4 rings (SSSR count). The van der Waals surface area contributed by atoms with E-state index in [1.54, 1.807) is 11.7 Å². The molecule has 0 N–H and O–H groups in total. The Morgan fingerprint density at radius 2 is 1.94 bits per heavy atom. The summed E-state index contributed by atoms with van der Waals surface area (Å²) in [6.45, 7) is 7.44. The fourth-order valence-electron chi connectivity index (χ4n) is 4.16. The molecule has 0 aliphatic carbocycles. The number of carbonyl (C=O) groups excluding carboxylic acids is 2. The number of nitrogens with zero attached hydrogens (tertiary/aromatic N) is 6. The van der Waals surface area contributed by atoms with Crippen LogP contribution >= 0.6 is 11.6 Å². The summed E-state index contributed by atoms with van der Waals surface area (Å²) in [5.41, 5.74) is 1.80. The molecule has 2 unspecified atom stereocenters. The summed E-state index contributed by atoms with van der Waals surface area (Å²) in [6, 6.07) is 4.81. The molecule has 1 saturated heterocycles. The first kappa shape index (κ1) is 21.3. The molecule has 1 aromatic heterocycles. The summed E-state index contributed by atoms with van der Waals surface area (Å²) in [7, 11) is 1.59. The van der Waals surface area contributed by atoms with Crippen LogP contribution in [0.5, 0.6) is 0 Å². The van der Waals surface area contributed by atoms with Gasteiger partial charge in [-0.1, -0.05) is 17.7 Å². The van der Waals surface area contributed by atoms with Crippen molar-refractivity contribution < 1.29 is 14.0 Å². The zero-order valence-corrected chi connectivity index (χ0v) is 18.8. The van der Waals surface area contributed by atoms with Crippen LogP contribution in [0.4, 0.5) is 9.18 Å². The second-order valence-electron chi connectivity index (χ2n) is 8.15. The zero-order chi connectivity index (χ0) is 22.6. The summed E-state index contributed by atoms with van der Waals surface area (Å²) >= 11 is 6.15. The van der Waals surface area contributed by atoms with Gasteiger partial charge in [-0.3, -0.25) is 9.69 Å². The van der Waals surface area contributed by atoms with Gasteiger partial charge in [0.25, 0.3) is 5.91 Å². The van der Waals surface area contributed by atoms with E-state index in [1.807, 2.05) is 38.7 Å². The van der Waals surface area contributed by atoms with Crippen molar-refractivity contribution in [2.75, 3.05) is 7.05 Å². The predicted molar refractivity (Wildman–Crippen MR) is 114 cm³/mol. The molecule has 3 amide bonds. The molecule has 3 heterocycles. The Labute approximate surface area is 184 Å². The molecule has 2 aliphatic heterocycles. The molecule has 164 valence electrons. The fourth-order valence-corrected chi connectivity index (χ4v) is 4.38. The topological polar surface area (TPSA) is 74.0 Å². The smallest absolute Gasteiger partial charge is 0.323 e. The van der Waals surface area contributed by atoms with Crippen LogP contribution in [0.3, 0.4) is 0 Å². The van der Waals surface area contributed by atoms with Gasteiger partial charge in [-0.05, 0) is 45.9 Å². The molecule has 2 aliphatic rings. The van der Waals surface area contributed by atoms with Crippen LogP contribution in [-0.4, -0.2) is 67.7 Å². The number of aryl methyl sites for hydroxylation is 2. The number of aliphatic imine (C=N–C) groups is 1. The highest BCUT2D eigenvalue weighted by molar-refractivity contribution is 6.31. The van der Waals surface area contributed by atoms with Crippen LogP contribution in [0, 0.1) is 19.7 Å². The van der Waals surface area contributed by atoms with Crippen molar-refractivity contribution >= 4 is 29.5 Å². The van der Waals surface area contributed by atoms with E-state index in [4.69, 9.17) is 16.6 Å². The Morgan fingerprint density at radius 1 is 1.23 bits per heavy atom. The quantitative estimate of drug-likeness (QED) is 0.726. The predicted octanol–water partition coefficient (Wildman–Crippen LogP) is 3.01. The molecule has 1 aromatic carbocycles. The van der Waals surface area contributed by atoms with Gasteiger partial charge in [0, 0.05) is 29.4 Å². The van der Waals surface area contributed by atoms with Gasteiger partial charge >= 0.3 is 6.03 Å². The lowest BCUT2D eigenvalue weighted by Crippen LogP contribution is -2.65. The number of rotatable bonds is 3. The number of amides is 3. The lowest BCUT2D eigenvalue weighted by atomic mass is 10.1. The van der Waals surface area contributed by atoms with Crippen LogP contribution in [0.1, 0.15) is 30.8 Å². The average molecular weight is 447 g/mol. The normalized spacial score (nSPS) is 21.3. The van der Waals surface area contributed by atoms with E-state index < -0.39 is 30.0 Å². The maximum absolute atomic E-state index is 14.4. The molecule has 2 atom stereocenters. The summed E-state index contributed by atoms with van der Waals surface area (Å²) in [5.74, 6) is -0.500. The highest BCUT2D eigenvalue weighted by Gasteiger charge is 2.53. The number of carbonyl (C=O) groups is 2. The van der Waals surface area contributed by atoms with Gasteiger partial charge in [-0.15, -0.1) is 0 Å². The van der Waals surface area contributed by atoms with Gasteiger partial charge in [0.2, 0.25) is 5.96 Å². The Kier molecular flexibility index (Phi) is 5.25. The van der Waals surface area contributed by atoms with Crippen molar-refractivity contribution in [3.63, 3.8) is 0 Å². The Bertz CT molecular complexity index is 1080. The molecule has 0 saturated carbocycles. The molecule has 10 heteroatoms. The zero-order valence-electron chi connectivity index (χ0n) is 18.0. The third-order valence-corrected chi connectivity index (χ3v) is 6.00. The van der Waals surface area contributed by atoms with Crippen LogP contribution in [0.15, 0.2) is 29.3 Å². The van der Waals surface area contributed by atoms with Gasteiger partial charge in [0.1, 0.15) is 5.82 Å². The monoisotopic (exact) mass is 446 g/mol. The molecular weight excluding hydrogens is 423 g/mol. The number of fused-ring (bicyclic) bond motifs is 1. The Balaban J connectivity index is 1.74. The number of aromatic nitrogens is 2. The minimum Gasteiger partial charge on any atom is -0.323 e. The Hall–Kier alpha value is -2.94. The lowest BCUT2D eigenvalue weighted by molar-refractivity contribution is -0.138. The number of imide groups is 1. The minimum atomic E-state index is -0.743. The molecule has 0 radical (unpaired) electrons. The number of benzene rings is 1. The molecule has 0 spiro atoms. The number of halogens is 2. The van der Waals surface area contributed by atoms with E-state index in [0.29, 0.717) is 5.96 Å². The standard InChI is InChI=1S/C21H24ClFN6O2/c1-11(2)28-17-18(24-20(28)29-13(4)9-12(3)25-29)26(5)21(31)27(19(17)30)10-14-15(22)7-6-8-16(14)23/h6-9,11,17-18H,10H2,1-5H3. The van der Waals surface area contributed by atoms with E-state index >= 15 is 0 Å². The van der Waals surface area contributed by atoms with Crippen molar-refractivity contribution in [2.45, 2.75) is 52.5 Å². The molecule has 0 bridgehead atoms. The highest BCUT2D eigenvalue weighted by atomic mass is 35.5. The Morgan fingerprint density at radius 3 is 2.52 bits per heavy atom. The van der Waals surface area contributed by atoms with Crippen LogP contribution in [0.2, 0.25) is 5.02 Å². The van der Waals surface area contributed by atoms with Gasteiger partial charge < -0.3 is 9.80 Å². The lowest BCUT2D eigenvalue weighted by Gasteiger charge is -2.42. The van der Waals surface area contributed by atoms with Crippen LogP contribution < -0.4 is 0 Å². The molecular formula is C21H24ClFN6O2. The number of hydrogen-bond donors (Lipinski definition) is 0. The largest absolute Gasteiger partial charge is 0.328 e. The fraction of sp³-hybridized carbons (Fsp3) is 0.429. The van der Waals surface area contributed by atoms with E-state index in [9.17, 15) is 14.0 Å². The second-order valence-corrected chi connectivity index (χ2v) is 8.55. The third kappa shape index (κ3) is 3.37. The van der Waals surface area contributed by atoms with Crippen molar-refractivity contribution in [1.29, 1.82) is 0 Å². The van der Waals surface area contributed by atoms with Crippen LogP contribution in [-0.2, 0) is 11.3 Å². The van der Waals surface area contributed by atoms with Crippen molar-refractivity contribution in [3.05, 3.63) is 52.1 Å². The van der Waals surface area contributed by atoms with E-state index in [0.717, 1.165) is 16.3 Å². The molecule has 8 nitrogen and oxygen atoms in total. The van der Waals surface area contributed by atoms with Gasteiger partial charge in [0.15, 0.2) is 12.2 Å². The first-order valence-electron chi connectivity index (χ1n) is 10.0. The maximum Gasteiger partial charge on any atom is 0.328 e. The van der Waals surface area contributed by atoms with Crippen molar-refractivity contribution in [3.8, 4) is 0 Å². The van der Waals surface area contributed by atoms with Crippen molar-refractivity contribution in [1.82, 2.24) is 24.5 Å². The van der Waals surface area contributed by atoms with Gasteiger partial charge in [0.05, 0.1) is 12.2 Å².